The van der Waals surface area contributed by atoms with Crippen LogP contribution in [0.2, 0.25) is 0 Å². The number of hydrogen-bond donors (Lipinski definition) is 3. The molecule has 5 aromatic rings. The minimum atomic E-state index is -0.839. The van der Waals surface area contributed by atoms with Crippen LogP contribution in [0, 0.1) is 6.92 Å². The van der Waals surface area contributed by atoms with Gasteiger partial charge in [0, 0.05) is 28.2 Å². The molecule has 174 valence electrons. The van der Waals surface area contributed by atoms with Gasteiger partial charge in [0.1, 0.15) is 11.5 Å². The molecule has 0 saturated carbocycles. The van der Waals surface area contributed by atoms with E-state index in [4.69, 9.17) is 4.42 Å². The number of rotatable bonds is 5. The van der Waals surface area contributed by atoms with E-state index in [2.05, 4.69) is 25.4 Å². The van der Waals surface area contributed by atoms with Crippen LogP contribution in [0.4, 0.5) is 5.82 Å². The summed E-state index contributed by atoms with van der Waals surface area (Å²) in [6.07, 6.45) is 3.73. The second-order valence-electron chi connectivity index (χ2n) is 8.43. The smallest absolute Gasteiger partial charge is 0.298 e. The van der Waals surface area contributed by atoms with E-state index in [9.17, 15) is 14.4 Å². The van der Waals surface area contributed by atoms with E-state index in [0.29, 0.717) is 52.2 Å². The third-order valence-corrected chi connectivity index (χ3v) is 6.18. The van der Waals surface area contributed by atoms with Crippen molar-refractivity contribution < 1.29 is 14.0 Å². The fraction of sp³-hybridized carbons (Fsp3) is 0.160. The Morgan fingerprint density at radius 3 is 2.80 bits per heavy atom. The molecular weight excluding hydrogens is 448 g/mol. The van der Waals surface area contributed by atoms with Crippen molar-refractivity contribution in [3.63, 3.8) is 0 Å². The minimum Gasteiger partial charge on any atom is -0.463 e. The highest BCUT2D eigenvalue weighted by Gasteiger charge is 2.26. The van der Waals surface area contributed by atoms with Crippen LogP contribution in [0.25, 0.3) is 28.3 Å². The fourth-order valence-corrected chi connectivity index (χ4v) is 4.56. The summed E-state index contributed by atoms with van der Waals surface area (Å²) in [6.45, 7) is 1.75. The Labute approximate surface area is 198 Å². The number of amides is 1. The summed E-state index contributed by atoms with van der Waals surface area (Å²) in [5.74, 6) is -0.745. The highest BCUT2D eigenvalue weighted by atomic mass is 16.3. The number of aromatic amines is 2. The van der Waals surface area contributed by atoms with Crippen molar-refractivity contribution in [3.8, 4) is 17.4 Å². The number of carbonyl (C=O) groups is 2. The number of anilines is 1. The first-order valence-electron chi connectivity index (χ1n) is 11.2. The molecule has 0 bridgehead atoms. The first-order valence-corrected chi connectivity index (χ1v) is 11.2. The molecule has 4 heterocycles. The Morgan fingerprint density at radius 1 is 1.11 bits per heavy atom. The summed E-state index contributed by atoms with van der Waals surface area (Å²) in [7, 11) is 0. The van der Waals surface area contributed by atoms with E-state index in [0.717, 1.165) is 11.9 Å². The molecule has 0 fully saturated rings. The van der Waals surface area contributed by atoms with Crippen molar-refractivity contribution in [2.75, 3.05) is 5.32 Å². The number of H-pyrrole nitrogens is 2. The highest BCUT2D eigenvalue weighted by Crippen LogP contribution is 2.26. The zero-order valence-corrected chi connectivity index (χ0v) is 18.7. The van der Waals surface area contributed by atoms with Crippen LogP contribution in [0.1, 0.15) is 33.7 Å². The molecule has 10 nitrogen and oxygen atoms in total. The molecule has 1 aliphatic rings. The van der Waals surface area contributed by atoms with Crippen LogP contribution in [0.5, 0.6) is 0 Å². The van der Waals surface area contributed by atoms with Crippen molar-refractivity contribution in [2.24, 2.45) is 0 Å². The van der Waals surface area contributed by atoms with E-state index >= 15 is 0 Å². The van der Waals surface area contributed by atoms with E-state index < -0.39 is 11.7 Å². The average Bonchev–Trinajstić information content (AvgIpc) is 3.63. The second-order valence-corrected chi connectivity index (χ2v) is 8.43. The Morgan fingerprint density at radius 2 is 1.97 bits per heavy atom. The van der Waals surface area contributed by atoms with E-state index in [1.807, 2.05) is 18.2 Å². The van der Waals surface area contributed by atoms with Crippen LogP contribution in [0.3, 0.4) is 0 Å². The molecule has 35 heavy (non-hydrogen) atoms. The number of para-hydroxylation sites is 1. The molecule has 0 atom stereocenters. The van der Waals surface area contributed by atoms with Gasteiger partial charge in [0.25, 0.3) is 17.2 Å². The van der Waals surface area contributed by atoms with Gasteiger partial charge in [-0.1, -0.05) is 18.2 Å². The Bertz CT molecular complexity index is 1670. The molecule has 1 aliphatic carbocycles. The van der Waals surface area contributed by atoms with Crippen molar-refractivity contribution in [1.82, 2.24) is 24.7 Å². The maximum atomic E-state index is 13.2. The Hall–Kier alpha value is -4.73. The molecule has 1 amide bonds. The Balaban J connectivity index is 1.41. The standard InChI is InChI=1S/C25H20N6O4/c1-13-21(14-6-2-3-8-16(14)26-13)22(32)24(34)28-20-12-18(19-10-5-11-35-19)30-31(20)25-27-17-9-4-7-15(17)23(33)29-25/h2-3,5-6,8,10-12,26H,4,7,9H2,1H3,(H,28,34)(H,27,29,33). The van der Waals surface area contributed by atoms with Crippen LogP contribution in [-0.2, 0) is 17.6 Å². The summed E-state index contributed by atoms with van der Waals surface area (Å²) in [5, 5.41) is 7.81. The van der Waals surface area contributed by atoms with Gasteiger partial charge in [0.05, 0.1) is 17.5 Å². The topological polar surface area (TPSA) is 139 Å². The van der Waals surface area contributed by atoms with Gasteiger partial charge in [0.15, 0.2) is 5.76 Å². The molecule has 0 unspecified atom stereocenters. The fourth-order valence-electron chi connectivity index (χ4n) is 4.56. The largest absolute Gasteiger partial charge is 0.463 e. The molecule has 6 rings (SSSR count). The van der Waals surface area contributed by atoms with Gasteiger partial charge in [-0.2, -0.15) is 9.78 Å². The first kappa shape index (κ1) is 20.8. The molecular formula is C25H20N6O4. The third kappa shape index (κ3) is 3.46. The minimum absolute atomic E-state index is 0.152. The maximum absolute atomic E-state index is 13.2. The van der Waals surface area contributed by atoms with Crippen molar-refractivity contribution in [3.05, 3.63) is 81.6 Å². The number of carbonyl (C=O) groups excluding carboxylic acids is 2. The number of Topliss-reactive ketones (excluding diaryl/α,β-unsaturated/α-hetero) is 1. The van der Waals surface area contributed by atoms with Crippen molar-refractivity contribution in [1.29, 1.82) is 0 Å². The van der Waals surface area contributed by atoms with Crippen LogP contribution in [0.15, 0.2) is 57.9 Å². The monoisotopic (exact) mass is 468 g/mol. The lowest BCUT2D eigenvalue weighted by atomic mass is 10.1. The van der Waals surface area contributed by atoms with Gasteiger partial charge in [-0.3, -0.25) is 19.4 Å². The molecule has 4 aromatic heterocycles. The summed E-state index contributed by atoms with van der Waals surface area (Å²) in [4.78, 5) is 49.3. The van der Waals surface area contributed by atoms with Gasteiger partial charge in [0.2, 0.25) is 5.95 Å². The molecule has 1 aromatic carbocycles. The van der Waals surface area contributed by atoms with E-state index in [-0.39, 0.29) is 17.3 Å². The number of hydrogen-bond acceptors (Lipinski definition) is 6. The number of fused-ring (bicyclic) bond motifs is 2. The number of aromatic nitrogens is 5. The van der Waals surface area contributed by atoms with E-state index in [1.165, 1.54) is 10.9 Å². The molecule has 3 N–H and O–H groups in total. The molecule has 0 radical (unpaired) electrons. The lowest BCUT2D eigenvalue weighted by molar-refractivity contribution is -0.112. The quantitative estimate of drug-likeness (QED) is 0.267. The van der Waals surface area contributed by atoms with Crippen LogP contribution in [-0.4, -0.2) is 36.4 Å². The number of ketones is 1. The zero-order valence-electron chi connectivity index (χ0n) is 18.7. The van der Waals surface area contributed by atoms with Gasteiger partial charge in [-0.25, -0.2) is 4.98 Å². The van der Waals surface area contributed by atoms with E-state index in [1.54, 1.807) is 31.2 Å². The molecule has 0 spiro atoms. The third-order valence-electron chi connectivity index (χ3n) is 6.18. The first-order chi connectivity index (χ1) is 17.0. The second kappa shape index (κ2) is 7.94. The number of nitrogens with one attached hydrogen (secondary N) is 3. The maximum Gasteiger partial charge on any atom is 0.298 e. The van der Waals surface area contributed by atoms with Gasteiger partial charge in [-0.05, 0) is 44.4 Å². The van der Waals surface area contributed by atoms with Gasteiger partial charge >= 0.3 is 0 Å². The highest BCUT2D eigenvalue weighted by molar-refractivity contribution is 6.48. The lowest BCUT2D eigenvalue weighted by Crippen LogP contribution is -2.26. The zero-order chi connectivity index (χ0) is 24.1. The lowest BCUT2D eigenvalue weighted by Gasteiger charge is -2.09. The van der Waals surface area contributed by atoms with Crippen molar-refractivity contribution in [2.45, 2.75) is 26.2 Å². The predicted octanol–water partition coefficient (Wildman–Crippen LogP) is 3.32. The van der Waals surface area contributed by atoms with Crippen LogP contribution >= 0.6 is 0 Å². The number of nitrogens with zero attached hydrogens (tertiary/aromatic N) is 3. The Kier molecular flexibility index (Phi) is 4.73. The summed E-state index contributed by atoms with van der Waals surface area (Å²) in [6, 6.07) is 12.3. The number of furan rings is 1. The van der Waals surface area contributed by atoms with Gasteiger partial charge < -0.3 is 14.7 Å². The molecule has 0 saturated heterocycles. The SMILES string of the molecule is Cc1[nH]c2ccccc2c1C(=O)C(=O)Nc1cc(-c2ccco2)nn1-c1nc2c(c(=O)[nH]1)CCC2. The van der Waals surface area contributed by atoms with Crippen LogP contribution < -0.4 is 10.9 Å². The van der Waals surface area contributed by atoms with Crippen molar-refractivity contribution >= 4 is 28.4 Å². The summed E-state index contributed by atoms with van der Waals surface area (Å²) >= 11 is 0. The predicted molar refractivity (Wildman–Crippen MR) is 128 cm³/mol. The normalized spacial score (nSPS) is 12.7. The number of aryl methyl sites for hydroxylation is 2. The average molecular weight is 468 g/mol. The number of benzene rings is 1. The summed E-state index contributed by atoms with van der Waals surface area (Å²) in [5.41, 5.74) is 3.22. The molecule has 10 heteroatoms. The van der Waals surface area contributed by atoms with Gasteiger partial charge in [-0.15, -0.1) is 0 Å². The molecule has 0 aliphatic heterocycles. The summed E-state index contributed by atoms with van der Waals surface area (Å²) < 4.78 is 6.76.